The van der Waals surface area contributed by atoms with Crippen LogP contribution in [0.4, 0.5) is 11.4 Å². The molecule has 0 unspecified atom stereocenters. The molecule has 7 heteroatoms. The summed E-state index contributed by atoms with van der Waals surface area (Å²) in [7, 11) is -3.67. The highest BCUT2D eigenvalue weighted by atomic mass is 32.2. The van der Waals surface area contributed by atoms with E-state index in [0.717, 1.165) is 12.8 Å². The van der Waals surface area contributed by atoms with Crippen LogP contribution in [0.5, 0.6) is 0 Å². The van der Waals surface area contributed by atoms with Crippen LogP contribution in [0.2, 0.25) is 0 Å². The van der Waals surface area contributed by atoms with E-state index in [2.05, 4.69) is 15.4 Å². The van der Waals surface area contributed by atoms with E-state index in [0.29, 0.717) is 28.1 Å². The van der Waals surface area contributed by atoms with Gasteiger partial charge in [0.2, 0.25) is 0 Å². The van der Waals surface area contributed by atoms with E-state index in [4.69, 9.17) is 12.2 Å². The Morgan fingerprint density at radius 2 is 1.79 bits per heavy atom. The van der Waals surface area contributed by atoms with E-state index < -0.39 is 10.0 Å². The molecule has 2 aromatic rings. The second-order valence-corrected chi connectivity index (χ2v) is 7.88. The van der Waals surface area contributed by atoms with Gasteiger partial charge in [-0.1, -0.05) is 24.3 Å². The Morgan fingerprint density at radius 1 is 1.08 bits per heavy atom. The number of para-hydroxylation sites is 1. The fourth-order valence-corrected chi connectivity index (χ4v) is 3.88. The molecule has 3 N–H and O–H groups in total. The topological polar surface area (TPSA) is 70.2 Å². The number of benzene rings is 2. The molecule has 0 spiro atoms. The van der Waals surface area contributed by atoms with Crippen LogP contribution in [0.1, 0.15) is 18.4 Å². The van der Waals surface area contributed by atoms with Crippen molar-refractivity contribution in [2.24, 2.45) is 0 Å². The van der Waals surface area contributed by atoms with Crippen LogP contribution < -0.4 is 15.4 Å². The third-order valence-electron chi connectivity index (χ3n) is 3.67. The van der Waals surface area contributed by atoms with E-state index >= 15 is 0 Å². The van der Waals surface area contributed by atoms with Crippen molar-refractivity contribution >= 4 is 38.7 Å². The minimum Gasteiger partial charge on any atom is -0.360 e. The normalized spacial score (nSPS) is 14.0. The maximum atomic E-state index is 12.7. The lowest BCUT2D eigenvalue weighted by Crippen LogP contribution is -2.30. The lowest BCUT2D eigenvalue weighted by Gasteiger charge is -2.14. The maximum absolute atomic E-state index is 12.7. The minimum absolute atomic E-state index is 0.227. The second-order valence-electron chi connectivity index (χ2n) is 5.82. The van der Waals surface area contributed by atoms with Gasteiger partial charge in [-0.05, 0) is 61.8 Å². The van der Waals surface area contributed by atoms with E-state index in [9.17, 15) is 8.42 Å². The quantitative estimate of drug-likeness (QED) is 0.713. The summed E-state index contributed by atoms with van der Waals surface area (Å²) in [5.41, 5.74) is 1.85. The molecular weight excluding hydrogens is 342 g/mol. The summed E-state index contributed by atoms with van der Waals surface area (Å²) >= 11 is 5.24. The van der Waals surface area contributed by atoms with Gasteiger partial charge in [-0.15, -0.1) is 0 Å². The fourth-order valence-electron chi connectivity index (χ4n) is 2.26. The van der Waals surface area contributed by atoms with E-state index in [-0.39, 0.29) is 4.90 Å². The van der Waals surface area contributed by atoms with Gasteiger partial charge in [0, 0.05) is 17.4 Å². The first-order valence-electron chi connectivity index (χ1n) is 7.70. The summed E-state index contributed by atoms with van der Waals surface area (Å²) in [5.74, 6) is 0. The Balaban J connectivity index is 1.80. The lowest BCUT2D eigenvalue weighted by molar-refractivity contribution is 0.600. The predicted molar refractivity (Wildman–Crippen MR) is 101 cm³/mol. The van der Waals surface area contributed by atoms with Crippen LogP contribution in [0.15, 0.2) is 53.4 Å². The first-order chi connectivity index (χ1) is 11.4. The SMILES string of the molecule is Cc1ccc(NC(=S)NC2CC2)cc1S(=O)(=O)Nc1ccccc1. The zero-order valence-corrected chi connectivity index (χ0v) is 14.9. The molecule has 0 amide bonds. The van der Waals surface area contributed by atoms with E-state index in [1.807, 2.05) is 12.1 Å². The van der Waals surface area contributed by atoms with Crippen molar-refractivity contribution in [3.05, 3.63) is 54.1 Å². The molecule has 0 aliphatic heterocycles. The molecule has 0 aromatic heterocycles. The number of nitrogens with one attached hydrogen (secondary N) is 3. The Bertz CT molecular complexity index is 847. The first kappa shape index (κ1) is 16.7. The highest BCUT2D eigenvalue weighted by Gasteiger charge is 2.22. The van der Waals surface area contributed by atoms with Crippen molar-refractivity contribution in [3.63, 3.8) is 0 Å². The van der Waals surface area contributed by atoms with E-state index in [1.54, 1.807) is 43.3 Å². The fraction of sp³-hybridized carbons (Fsp3) is 0.235. The smallest absolute Gasteiger partial charge is 0.262 e. The Morgan fingerprint density at radius 3 is 2.46 bits per heavy atom. The van der Waals surface area contributed by atoms with Crippen molar-refractivity contribution < 1.29 is 8.42 Å². The summed E-state index contributed by atoms with van der Waals surface area (Å²) in [6.07, 6.45) is 2.24. The molecule has 3 rings (SSSR count). The minimum atomic E-state index is -3.67. The summed E-state index contributed by atoms with van der Waals surface area (Å²) in [5, 5.41) is 6.73. The molecule has 2 aromatic carbocycles. The van der Waals surface area contributed by atoms with Gasteiger partial charge in [0.1, 0.15) is 0 Å². The highest BCUT2D eigenvalue weighted by molar-refractivity contribution is 7.92. The van der Waals surface area contributed by atoms with Crippen LogP contribution in [-0.4, -0.2) is 19.6 Å². The molecule has 1 fully saturated rings. The molecule has 1 saturated carbocycles. The van der Waals surface area contributed by atoms with Crippen molar-refractivity contribution in [3.8, 4) is 0 Å². The zero-order valence-electron chi connectivity index (χ0n) is 13.2. The highest BCUT2D eigenvalue weighted by Crippen LogP contribution is 2.23. The van der Waals surface area contributed by atoms with Gasteiger partial charge in [0.05, 0.1) is 4.90 Å². The first-order valence-corrected chi connectivity index (χ1v) is 9.59. The predicted octanol–water partition coefficient (Wildman–Crippen LogP) is 3.24. The van der Waals surface area contributed by atoms with Crippen molar-refractivity contribution in [1.29, 1.82) is 0 Å². The maximum Gasteiger partial charge on any atom is 0.262 e. The molecule has 0 radical (unpaired) electrons. The summed E-state index contributed by atoms with van der Waals surface area (Å²) in [6.45, 7) is 1.77. The third-order valence-corrected chi connectivity index (χ3v) is 5.42. The molecule has 0 heterocycles. The van der Waals surface area contributed by atoms with E-state index in [1.165, 1.54) is 0 Å². The largest absolute Gasteiger partial charge is 0.360 e. The van der Waals surface area contributed by atoms with Gasteiger partial charge in [-0.25, -0.2) is 8.42 Å². The summed E-state index contributed by atoms with van der Waals surface area (Å²) < 4.78 is 27.9. The van der Waals surface area contributed by atoms with Gasteiger partial charge < -0.3 is 10.6 Å². The Labute approximate surface area is 147 Å². The number of hydrogen-bond donors (Lipinski definition) is 3. The standard InChI is InChI=1S/C17H19N3O2S2/c1-12-7-8-15(19-17(23)18-13-9-10-13)11-16(12)24(21,22)20-14-5-3-2-4-6-14/h2-8,11,13,20H,9-10H2,1H3,(H2,18,19,23). The van der Waals surface area contributed by atoms with Gasteiger partial charge in [0.25, 0.3) is 10.0 Å². The average Bonchev–Trinajstić information content (AvgIpc) is 3.33. The van der Waals surface area contributed by atoms with Crippen molar-refractivity contribution in [1.82, 2.24) is 5.32 Å². The zero-order chi connectivity index (χ0) is 17.2. The molecule has 0 bridgehead atoms. The van der Waals surface area contributed by atoms with Gasteiger partial charge in [0.15, 0.2) is 5.11 Å². The van der Waals surface area contributed by atoms with Gasteiger partial charge in [-0.3, -0.25) is 4.72 Å². The van der Waals surface area contributed by atoms with Crippen molar-refractivity contribution in [2.75, 3.05) is 10.0 Å². The molecule has 1 aliphatic rings. The van der Waals surface area contributed by atoms with Crippen LogP contribution in [0.25, 0.3) is 0 Å². The molecule has 5 nitrogen and oxygen atoms in total. The number of aryl methyl sites for hydroxylation is 1. The Hall–Kier alpha value is -2.12. The van der Waals surface area contributed by atoms with Crippen molar-refractivity contribution in [2.45, 2.75) is 30.7 Å². The molecule has 1 aliphatic carbocycles. The second kappa shape index (κ2) is 6.78. The molecule has 24 heavy (non-hydrogen) atoms. The average molecular weight is 361 g/mol. The summed E-state index contributed by atoms with van der Waals surface area (Å²) in [4.78, 5) is 0.227. The number of thiocarbonyl (C=S) groups is 1. The van der Waals surface area contributed by atoms with Crippen LogP contribution in [0.3, 0.4) is 0 Å². The number of hydrogen-bond acceptors (Lipinski definition) is 3. The molecular formula is C17H19N3O2S2. The molecule has 126 valence electrons. The van der Waals surface area contributed by atoms with Crippen LogP contribution >= 0.6 is 12.2 Å². The van der Waals surface area contributed by atoms with Crippen LogP contribution in [0, 0.1) is 6.92 Å². The summed E-state index contributed by atoms with van der Waals surface area (Å²) in [6, 6.07) is 14.4. The third kappa shape index (κ3) is 4.24. The lowest BCUT2D eigenvalue weighted by atomic mass is 10.2. The molecule has 0 atom stereocenters. The number of anilines is 2. The monoisotopic (exact) mass is 361 g/mol. The number of sulfonamides is 1. The van der Waals surface area contributed by atoms with Gasteiger partial charge >= 0.3 is 0 Å². The Kier molecular flexibility index (Phi) is 4.73. The van der Waals surface area contributed by atoms with Gasteiger partial charge in [-0.2, -0.15) is 0 Å². The molecule has 0 saturated heterocycles. The van der Waals surface area contributed by atoms with Crippen LogP contribution in [-0.2, 0) is 10.0 Å². The number of rotatable bonds is 5.